The highest BCUT2D eigenvalue weighted by Gasteiger charge is 2.21. The molecule has 150 valence electrons. The fourth-order valence-corrected chi connectivity index (χ4v) is 4.06. The maximum absolute atomic E-state index is 5.99. The van der Waals surface area contributed by atoms with Crippen LogP contribution in [0, 0.1) is 20.8 Å². The molecule has 0 saturated carbocycles. The molecule has 0 aliphatic rings. The average Bonchev–Trinajstić information content (AvgIpc) is 3.26. The Morgan fingerprint density at radius 3 is 2.50 bits per heavy atom. The standard InChI is InChI=1S/C21H27N3O3S/c1-12-11-28-21(22-12)14(3)24(5)10-17-15(4)27-20(23-17)16-8-9-18(25-6)13(2)19(16)26-7/h8-9,11,14H,10H2,1-7H3. The molecule has 0 amide bonds. The van der Waals surface area contributed by atoms with Gasteiger partial charge in [0.25, 0.3) is 0 Å². The van der Waals surface area contributed by atoms with Gasteiger partial charge in [-0.25, -0.2) is 9.97 Å². The van der Waals surface area contributed by atoms with Crippen LogP contribution in [0.2, 0.25) is 0 Å². The van der Waals surface area contributed by atoms with Crippen LogP contribution in [0.15, 0.2) is 21.9 Å². The number of nitrogens with zero attached hydrogens (tertiary/aromatic N) is 3. The first kappa shape index (κ1) is 20.4. The number of rotatable bonds is 7. The Hall–Kier alpha value is -2.38. The molecule has 0 fully saturated rings. The molecule has 0 bridgehead atoms. The number of aromatic nitrogens is 2. The smallest absolute Gasteiger partial charge is 0.230 e. The SMILES string of the molecule is COc1ccc(-c2nc(CN(C)C(C)c3nc(C)cs3)c(C)o2)c(OC)c1C. The molecule has 0 saturated heterocycles. The number of oxazole rings is 1. The van der Waals surface area contributed by atoms with Crippen LogP contribution in [0.3, 0.4) is 0 Å². The van der Waals surface area contributed by atoms with E-state index in [1.165, 1.54) is 0 Å². The zero-order chi connectivity index (χ0) is 20.4. The number of benzene rings is 1. The van der Waals surface area contributed by atoms with Crippen molar-refractivity contribution in [3.8, 4) is 23.0 Å². The van der Waals surface area contributed by atoms with E-state index in [2.05, 4.69) is 29.2 Å². The van der Waals surface area contributed by atoms with Crippen LogP contribution in [0.4, 0.5) is 0 Å². The van der Waals surface area contributed by atoms with E-state index < -0.39 is 0 Å². The van der Waals surface area contributed by atoms with Gasteiger partial charge in [0.05, 0.1) is 31.5 Å². The number of ether oxygens (including phenoxy) is 2. The molecule has 3 rings (SSSR count). The number of hydrogen-bond acceptors (Lipinski definition) is 7. The number of aryl methyl sites for hydroxylation is 2. The van der Waals surface area contributed by atoms with E-state index in [0.717, 1.165) is 39.0 Å². The van der Waals surface area contributed by atoms with Gasteiger partial charge >= 0.3 is 0 Å². The summed E-state index contributed by atoms with van der Waals surface area (Å²) in [5.74, 6) is 2.85. The van der Waals surface area contributed by atoms with Gasteiger partial charge < -0.3 is 13.9 Å². The number of methoxy groups -OCH3 is 2. The van der Waals surface area contributed by atoms with Crippen LogP contribution in [0.5, 0.6) is 11.5 Å². The van der Waals surface area contributed by atoms with Gasteiger partial charge in [0.1, 0.15) is 22.3 Å². The Labute approximate surface area is 170 Å². The fraction of sp³-hybridized carbons (Fsp3) is 0.429. The second kappa shape index (κ2) is 8.32. The quantitative estimate of drug-likeness (QED) is 0.559. The fourth-order valence-electron chi connectivity index (χ4n) is 3.14. The van der Waals surface area contributed by atoms with Gasteiger partial charge in [-0.15, -0.1) is 11.3 Å². The molecule has 2 aromatic heterocycles. The van der Waals surface area contributed by atoms with Gasteiger partial charge in [-0.05, 0) is 46.9 Å². The third-order valence-corrected chi connectivity index (χ3v) is 6.09. The normalized spacial score (nSPS) is 12.4. The summed E-state index contributed by atoms with van der Waals surface area (Å²) in [4.78, 5) is 11.6. The number of thiazole rings is 1. The van der Waals surface area contributed by atoms with Gasteiger partial charge in [0, 0.05) is 23.2 Å². The summed E-state index contributed by atoms with van der Waals surface area (Å²) in [6.45, 7) is 8.76. The van der Waals surface area contributed by atoms with E-state index in [-0.39, 0.29) is 6.04 Å². The van der Waals surface area contributed by atoms with Crippen molar-refractivity contribution in [2.75, 3.05) is 21.3 Å². The predicted molar refractivity (Wildman–Crippen MR) is 111 cm³/mol. The molecule has 2 heterocycles. The Balaban J connectivity index is 1.86. The second-order valence-corrected chi connectivity index (χ2v) is 7.80. The summed E-state index contributed by atoms with van der Waals surface area (Å²) in [5.41, 5.74) is 3.71. The molecule has 28 heavy (non-hydrogen) atoms. The van der Waals surface area contributed by atoms with E-state index in [9.17, 15) is 0 Å². The third kappa shape index (κ3) is 3.91. The molecule has 6 nitrogen and oxygen atoms in total. The summed E-state index contributed by atoms with van der Waals surface area (Å²) in [5, 5.41) is 3.19. The molecule has 3 aromatic rings. The first-order valence-electron chi connectivity index (χ1n) is 9.16. The lowest BCUT2D eigenvalue weighted by atomic mass is 10.1. The summed E-state index contributed by atoms with van der Waals surface area (Å²) >= 11 is 1.69. The maximum Gasteiger partial charge on any atom is 0.230 e. The van der Waals surface area contributed by atoms with Crippen molar-refractivity contribution in [1.29, 1.82) is 0 Å². The van der Waals surface area contributed by atoms with Crippen LogP contribution in [0.1, 0.15) is 40.7 Å². The topological polar surface area (TPSA) is 60.6 Å². The highest BCUT2D eigenvalue weighted by Crippen LogP contribution is 2.38. The highest BCUT2D eigenvalue weighted by molar-refractivity contribution is 7.09. The van der Waals surface area contributed by atoms with Crippen LogP contribution < -0.4 is 9.47 Å². The van der Waals surface area contributed by atoms with Crippen molar-refractivity contribution in [2.24, 2.45) is 0 Å². The molecule has 0 N–H and O–H groups in total. The summed E-state index contributed by atoms with van der Waals surface area (Å²) in [6.07, 6.45) is 0. The largest absolute Gasteiger partial charge is 0.496 e. The van der Waals surface area contributed by atoms with Crippen molar-refractivity contribution in [3.05, 3.63) is 45.2 Å². The van der Waals surface area contributed by atoms with Crippen LogP contribution in [-0.2, 0) is 6.54 Å². The summed E-state index contributed by atoms with van der Waals surface area (Å²) in [7, 11) is 5.37. The lowest BCUT2D eigenvalue weighted by Crippen LogP contribution is -2.22. The van der Waals surface area contributed by atoms with Crippen molar-refractivity contribution < 1.29 is 13.9 Å². The molecule has 0 radical (unpaired) electrons. The molecule has 7 heteroatoms. The minimum atomic E-state index is 0.205. The lowest BCUT2D eigenvalue weighted by Gasteiger charge is -2.21. The molecule has 1 unspecified atom stereocenters. The van der Waals surface area contributed by atoms with Crippen LogP contribution in [-0.4, -0.2) is 36.1 Å². The third-order valence-electron chi connectivity index (χ3n) is 4.96. The Bertz CT molecular complexity index is 964. The van der Waals surface area contributed by atoms with Crippen molar-refractivity contribution in [1.82, 2.24) is 14.9 Å². The zero-order valence-electron chi connectivity index (χ0n) is 17.5. The predicted octanol–water partition coefficient (Wildman–Crippen LogP) is 4.93. The monoisotopic (exact) mass is 401 g/mol. The first-order chi connectivity index (χ1) is 13.3. The van der Waals surface area contributed by atoms with E-state index >= 15 is 0 Å². The second-order valence-electron chi connectivity index (χ2n) is 6.91. The van der Waals surface area contributed by atoms with Gasteiger partial charge in [0.15, 0.2) is 0 Å². The van der Waals surface area contributed by atoms with Crippen molar-refractivity contribution in [2.45, 2.75) is 40.3 Å². The maximum atomic E-state index is 5.99. The Morgan fingerprint density at radius 2 is 1.89 bits per heavy atom. The molecule has 0 aliphatic carbocycles. The Morgan fingerprint density at radius 1 is 1.14 bits per heavy atom. The summed E-state index contributed by atoms with van der Waals surface area (Å²) < 4.78 is 17.0. The van der Waals surface area contributed by atoms with E-state index in [0.29, 0.717) is 18.2 Å². The summed E-state index contributed by atoms with van der Waals surface area (Å²) in [6, 6.07) is 4.03. The highest BCUT2D eigenvalue weighted by atomic mass is 32.1. The van der Waals surface area contributed by atoms with E-state index in [1.807, 2.05) is 32.9 Å². The van der Waals surface area contributed by atoms with Gasteiger partial charge in [-0.2, -0.15) is 0 Å². The van der Waals surface area contributed by atoms with E-state index in [1.54, 1.807) is 25.6 Å². The lowest BCUT2D eigenvalue weighted by molar-refractivity contribution is 0.248. The molecule has 0 aliphatic heterocycles. The van der Waals surface area contributed by atoms with Gasteiger partial charge in [-0.3, -0.25) is 4.90 Å². The van der Waals surface area contributed by atoms with Gasteiger partial charge in [0.2, 0.25) is 5.89 Å². The molecule has 0 spiro atoms. The molecule has 1 aromatic carbocycles. The van der Waals surface area contributed by atoms with E-state index in [4.69, 9.17) is 18.9 Å². The van der Waals surface area contributed by atoms with Crippen molar-refractivity contribution >= 4 is 11.3 Å². The van der Waals surface area contributed by atoms with Crippen LogP contribution in [0.25, 0.3) is 11.5 Å². The average molecular weight is 402 g/mol. The minimum Gasteiger partial charge on any atom is -0.496 e. The van der Waals surface area contributed by atoms with Crippen molar-refractivity contribution in [3.63, 3.8) is 0 Å². The molecular weight excluding hydrogens is 374 g/mol. The van der Waals surface area contributed by atoms with Gasteiger partial charge in [-0.1, -0.05) is 0 Å². The first-order valence-corrected chi connectivity index (χ1v) is 10.0. The molecular formula is C21H27N3O3S. The number of hydrogen-bond donors (Lipinski definition) is 0. The minimum absolute atomic E-state index is 0.205. The van der Waals surface area contributed by atoms with Crippen LogP contribution >= 0.6 is 11.3 Å². The zero-order valence-corrected chi connectivity index (χ0v) is 18.3. The Kier molecular flexibility index (Phi) is 6.05. The molecule has 1 atom stereocenters.